The highest BCUT2D eigenvalue weighted by Gasteiger charge is 2.33. The number of likely N-dealkylation sites (tertiary alicyclic amines) is 1. The van der Waals surface area contributed by atoms with Gasteiger partial charge in [0.15, 0.2) is 17.3 Å². The zero-order valence-corrected chi connectivity index (χ0v) is 15.7. The van der Waals surface area contributed by atoms with E-state index in [1.807, 2.05) is 35.2 Å². The van der Waals surface area contributed by atoms with E-state index in [1.165, 1.54) is 0 Å². The molecule has 3 heterocycles. The van der Waals surface area contributed by atoms with Crippen LogP contribution in [0.25, 0.3) is 0 Å². The minimum Gasteiger partial charge on any atom is -0.454 e. The maximum atomic E-state index is 12.3. The van der Waals surface area contributed by atoms with Gasteiger partial charge in [0.25, 0.3) is 0 Å². The van der Waals surface area contributed by atoms with Crippen molar-refractivity contribution >= 4 is 11.6 Å². The van der Waals surface area contributed by atoms with Crippen LogP contribution >= 0.6 is 0 Å². The molecule has 1 fully saturated rings. The van der Waals surface area contributed by atoms with E-state index in [4.69, 9.17) is 14.0 Å². The number of hydrogen-bond donors (Lipinski definition) is 1. The topological polar surface area (TPSA) is 89.7 Å². The third-order valence-corrected chi connectivity index (χ3v) is 5.02. The van der Waals surface area contributed by atoms with Crippen LogP contribution in [0, 0.1) is 0 Å². The largest absolute Gasteiger partial charge is 0.454 e. The standard InChI is InChI=1S/C21H20N4O4/c26-20(22-16-6-7-17-18(9-16)28-13-27-17)12-25-10-15(11-25)21-23-19(24-29-21)8-14-4-2-1-3-5-14/h1-7,9,15H,8,10-13H2,(H,22,26). The average Bonchev–Trinajstić information content (AvgIpc) is 3.34. The van der Waals surface area contributed by atoms with Crippen LogP contribution in [-0.4, -0.2) is 47.4 Å². The van der Waals surface area contributed by atoms with Gasteiger partial charge in [-0.1, -0.05) is 35.5 Å². The van der Waals surface area contributed by atoms with Crippen molar-refractivity contribution in [3.8, 4) is 11.5 Å². The summed E-state index contributed by atoms with van der Waals surface area (Å²) in [6.45, 7) is 1.98. The number of hydrogen-bond acceptors (Lipinski definition) is 7. The van der Waals surface area contributed by atoms with E-state index < -0.39 is 0 Å². The summed E-state index contributed by atoms with van der Waals surface area (Å²) in [6, 6.07) is 15.4. The molecule has 0 saturated carbocycles. The van der Waals surface area contributed by atoms with Gasteiger partial charge in [0.05, 0.1) is 12.5 Å². The van der Waals surface area contributed by atoms with Gasteiger partial charge in [-0.15, -0.1) is 0 Å². The van der Waals surface area contributed by atoms with Gasteiger partial charge in [-0.2, -0.15) is 4.98 Å². The fraction of sp³-hybridized carbons (Fsp3) is 0.286. The first-order chi connectivity index (χ1) is 14.2. The molecule has 0 spiro atoms. The highest BCUT2D eigenvalue weighted by Crippen LogP contribution is 2.34. The summed E-state index contributed by atoms with van der Waals surface area (Å²) < 4.78 is 16.0. The minimum atomic E-state index is -0.0717. The van der Waals surface area contributed by atoms with E-state index in [-0.39, 0.29) is 18.6 Å². The molecule has 2 aromatic carbocycles. The molecule has 3 aromatic rings. The van der Waals surface area contributed by atoms with Crippen LogP contribution in [0.5, 0.6) is 11.5 Å². The second kappa shape index (κ2) is 7.56. The molecule has 0 atom stereocenters. The summed E-state index contributed by atoms with van der Waals surface area (Å²) in [4.78, 5) is 18.9. The van der Waals surface area contributed by atoms with Crippen LogP contribution in [0.3, 0.4) is 0 Å². The summed E-state index contributed by atoms with van der Waals surface area (Å²) in [5, 5.41) is 6.97. The van der Waals surface area contributed by atoms with Crippen molar-refractivity contribution in [1.82, 2.24) is 15.0 Å². The van der Waals surface area contributed by atoms with Crippen LogP contribution in [0.15, 0.2) is 53.1 Å². The zero-order chi connectivity index (χ0) is 19.6. The van der Waals surface area contributed by atoms with Crippen molar-refractivity contribution in [3.05, 3.63) is 65.8 Å². The first kappa shape index (κ1) is 17.7. The number of benzene rings is 2. The maximum absolute atomic E-state index is 12.3. The third-order valence-electron chi connectivity index (χ3n) is 5.02. The molecule has 5 rings (SSSR count). The van der Waals surface area contributed by atoms with Crippen LogP contribution in [0.1, 0.15) is 23.2 Å². The number of nitrogens with zero attached hydrogens (tertiary/aromatic N) is 3. The Morgan fingerprint density at radius 3 is 2.79 bits per heavy atom. The smallest absolute Gasteiger partial charge is 0.238 e. The number of nitrogens with one attached hydrogen (secondary N) is 1. The molecule has 0 radical (unpaired) electrons. The molecule has 2 aliphatic rings. The van der Waals surface area contributed by atoms with E-state index >= 15 is 0 Å². The summed E-state index contributed by atoms with van der Waals surface area (Å²) in [5.41, 5.74) is 1.84. The van der Waals surface area contributed by atoms with Crippen molar-refractivity contribution in [3.63, 3.8) is 0 Å². The number of rotatable bonds is 6. The lowest BCUT2D eigenvalue weighted by Crippen LogP contribution is -2.48. The van der Waals surface area contributed by atoms with E-state index in [0.717, 1.165) is 18.7 Å². The first-order valence-corrected chi connectivity index (χ1v) is 9.51. The zero-order valence-electron chi connectivity index (χ0n) is 15.7. The minimum absolute atomic E-state index is 0.0717. The lowest BCUT2D eigenvalue weighted by molar-refractivity contribution is -0.118. The third kappa shape index (κ3) is 3.93. The Balaban J connectivity index is 1.10. The molecule has 0 aliphatic carbocycles. The van der Waals surface area contributed by atoms with Crippen molar-refractivity contribution in [2.45, 2.75) is 12.3 Å². The number of carbonyl (C=O) groups is 1. The maximum Gasteiger partial charge on any atom is 0.238 e. The number of carbonyl (C=O) groups excluding carboxylic acids is 1. The Hall–Kier alpha value is -3.39. The summed E-state index contributed by atoms with van der Waals surface area (Å²) in [5.74, 6) is 2.77. The van der Waals surface area contributed by atoms with Gasteiger partial charge < -0.3 is 19.3 Å². The van der Waals surface area contributed by atoms with Gasteiger partial charge >= 0.3 is 0 Å². The molecule has 1 aromatic heterocycles. The van der Waals surface area contributed by atoms with Gasteiger partial charge in [-0.25, -0.2) is 0 Å². The first-order valence-electron chi connectivity index (χ1n) is 9.51. The molecule has 1 saturated heterocycles. The fourth-order valence-electron chi connectivity index (χ4n) is 3.52. The molecule has 1 N–H and O–H groups in total. The van der Waals surface area contributed by atoms with E-state index in [2.05, 4.69) is 15.5 Å². The molecule has 8 heteroatoms. The normalized spacial score (nSPS) is 15.9. The van der Waals surface area contributed by atoms with E-state index in [0.29, 0.717) is 41.9 Å². The van der Waals surface area contributed by atoms with Gasteiger partial charge in [0, 0.05) is 31.3 Å². The van der Waals surface area contributed by atoms with Crippen LogP contribution in [0.2, 0.25) is 0 Å². The van der Waals surface area contributed by atoms with Crippen LogP contribution in [0.4, 0.5) is 5.69 Å². The molecule has 0 unspecified atom stereocenters. The van der Waals surface area contributed by atoms with Gasteiger partial charge in [-0.3, -0.25) is 9.69 Å². The Morgan fingerprint density at radius 2 is 1.93 bits per heavy atom. The highest BCUT2D eigenvalue weighted by molar-refractivity contribution is 5.92. The Morgan fingerprint density at radius 1 is 1.10 bits per heavy atom. The summed E-state index contributed by atoms with van der Waals surface area (Å²) in [7, 11) is 0. The van der Waals surface area contributed by atoms with E-state index in [9.17, 15) is 4.79 Å². The summed E-state index contributed by atoms with van der Waals surface area (Å²) in [6.07, 6.45) is 0.652. The predicted octanol–water partition coefficient (Wildman–Crippen LogP) is 2.43. The quantitative estimate of drug-likeness (QED) is 0.689. The second-order valence-corrected chi connectivity index (χ2v) is 7.22. The Labute approximate surface area is 167 Å². The number of anilines is 1. The highest BCUT2D eigenvalue weighted by atomic mass is 16.7. The van der Waals surface area contributed by atoms with Crippen molar-refractivity contribution in [1.29, 1.82) is 0 Å². The molecular formula is C21H20N4O4. The molecular weight excluding hydrogens is 372 g/mol. The van der Waals surface area contributed by atoms with Crippen molar-refractivity contribution in [2.24, 2.45) is 0 Å². The van der Waals surface area contributed by atoms with E-state index in [1.54, 1.807) is 18.2 Å². The fourth-order valence-corrected chi connectivity index (χ4v) is 3.52. The Kier molecular flexibility index (Phi) is 4.61. The predicted molar refractivity (Wildman–Crippen MR) is 104 cm³/mol. The lowest BCUT2D eigenvalue weighted by atomic mass is 10.0. The summed E-state index contributed by atoms with van der Waals surface area (Å²) >= 11 is 0. The SMILES string of the molecule is O=C(CN1CC(c2nc(Cc3ccccc3)no2)C1)Nc1ccc2c(c1)OCO2. The molecule has 29 heavy (non-hydrogen) atoms. The van der Waals surface area contributed by atoms with Crippen LogP contribution in [-0.2, 0) is 11.2 Å². The van der Waals surface area contributed by atoms with Gasteiger partial charge in [0.1, 0.15) is 0 Å². The number of aromatic nitrogens is 2. The van der Waals surface area contributed by atoms with Gasteiger partial charge in [-0.05, 0) is 17.7 Å². The molecule has 8 nitrogen and oxygen atoms in total. The Bertz CT molecular complexity index is 1010. The number of fused-ring (bicyclic) bond motifs is 1. The second-order valence-electron chi connectivity index (χ2n) is 7.22. The van der Waals surface area contributed by atoms with Crippen LogP contribution < -0.4 is 14.8 Å². The number of amides is 1. The van der Waals surface area contributed by atoms with Crippen molar-refractivity contribution < 1.29 is 18.8 Å². The van der Waals surface area contributed by atoms with Crippen molar-refractivity contribution in [2.75, 3.05) is 31.7 Å². The van der Waals surface area contributed by atoms with Gasteiger partial charge in [0.2, 0.25) is 18.6 Å². The molecule has 0 bridgehead atoms. The molecule has 1 amide bonds. The lowest BCUT2D eigenvalue weighted by Gasteiger charge is -2.36. The molecule has 148 valence electrons. The monoisotopic (exact) mass is 392 g/mol. The average molecular weight is 392 g/mol. The molecule has 2 aliphatic heterocycles. The number of ether oxygens (including phenoxy) is 2.